The number of aliphatic hydroxyl groups excluding tert-OH is 1. The van der Waals surface area contributed by atoms with Gasteiger partial charge in [0.2, 0.25) is 0 Å². The lowest BCUT2D eigenvalue weighted by Crippen LogP contribution is -2.09. The van der Waals surface area contributed by atoms with E-state index >= 15 is 0 Å². The van der Waals surface area contributed by atoms with Gasteiger partial charge in [0, 0.05) is 11.3 Å². The molecule has 1 aliphatic carbocycles. The minimum Gasteiger partial charge on any atom is -0.396 e. The fraction of sp³-hybridized carbons (Fsp3) is 1.00. The molecule has 0 aliphatic heterocycles. The fourth-order valence-corrected chi connectivity index (χ4v) is 1.45. The van der Waals surface area contributed by atoms with Crippen LogP contribution in [0.25, 0.3) is 0 Å². The Morgan fingerprint density at radius 3 is 2.11 bits per heavy atom. The van der Waals surface area contributed by atoms with Crippen molar-refractivity contribution in [1.82, 2.24) is 0 Å². The van der Waals surface area contributed by atoms with Gasteiger partial charge in [0.15, 0.2) is 5.13 Å². The lowest BCUT2D eigenvalue weighted by Gasteiger charge is -2.03. The SMILES string of the molecule is C[C@@H]1[C@](F)(Cl)[C@]1(C)CO. The first-order valence-electron chi connectivity index (χ1n) is 2.95. The lowest BCUT2D eigenvalue weighted by atomic mass is 10.1. The van der Waals surface area contributed by atoms with Crippen molar-refractivity contribution in [1.29, 1.82) is 0 Å². The number of aliphatic hydroxyl groups is 1. The van der Waals surface area contributed by atoms with Gasteiger partial charge >= 0.3 is 0 Å². The van der Waals surface area contributed by atoms with E-state index in [1.807, 2.05) is 0 Å². The van der Waals surface area contributed by atoms with Crippen LogP contribution in [-0.4, -0.2) is 16.8 Å². The minimum absolute atomic E-state index is 0.172. The Kier molecular flexibility index (Phi) is 1.30. The highest BCUT2D eigenvalue weighted by molar-refractivity contribution is 6.25. The summed E-state index contributed by atoms with van der Waals surface area (Å²) in [6.45, 7) is 3.17. The molecular formula is C6H10ClFO. The Morgan fingerprint density at radius 1 is 1.78 bits per heavy atom. The molecule has 1 nitrogen and oxygen atoms in total. The van der Waals surface area contributed by atoms with Gasteiger partial charge in [-0.25, -0.2) is 4.39 Å². The third kappa shape index (κ3) is 0.635. The molecule has 0 heterocycles. The maximum Gasteiger partial charge on any atom is 0.194 e. The van der Waals surface area contributed by atoms with Crippen LogP contribution >= 0.6 is 11.6 Å². The highest BCUT2D eigenvalue weighted by atomic mass is 35.5. The zero-order valence-corrected chi connectivity index (χ0v) is 6.24. The Labute approximate surface area is 58.8 Å². The molecule has 9 heavy (non-hydrogen) atoms. The van der Waals surface area contributed by atoms with Gasteiger partial charge in [-0.3, -0.25) is 0 Å². The van der Waals surface area contributed by atoms with Crippen molar-refractivity contribution in [2.45, 2.75) is 19.0 Å². The highest BCUT2D eigenvalue weighted by Gasteiger charge is 2.72. The van der Waals surface area contributed by atoms with E-state index in [2.05, 4.69) is 0 Å². The monoisotopic (exact) mass is 152 g/mol. The van der Waals surface area contributed by atoms with Gasteiger partial charge in [0.05, 0.1) is 6.61 Å². The van der Waals surface area contributed by atoms with Gasteiger partial charge < -0.3 is 5.11 Å². The second-order valence-corrected chi connectivity index (χ2v) is 3.47. The number of halogens is 2. The van der Waals surface area contributed by atoms with E-state index in [9.17, 15) is 4.39 Å². The van der Waals surface area contributed by atoms with E-state index in [-0.39, 0.29) is 12.5 Å². The fourth-order valence-electron chi connectivity index (χ4n) is 1.05. The second-order valence-electron chi connectivity index (χ2n) is 2.92. The predicted octanol–water partition coefficient (Wildman–Crippen LogP) is 1.54. The maximum absolute atomic E-state index is 12.8. The third-order valence-electron chi connectivity index (χ3n) is 2.51. The molecule has 0 spiro atoms. The summed E-state index contributed by atoms with van der Waals surface area (Å²) < 4.78 is 12.8. The Hall–Kier alpha value is 0.180. The summed E-state index contributed by atoms with van der Waals surface area (Å²) in [6.07, 6.45) is 0. The number of hydrogen-bond donors (Lipinski definition) is 1. The first kappa shape index (κ1) is 7.29. The molecule has 1 rings (SSSR count). The van der Waals surface area contributed by atoms with Gasteiger partial charge in [-0.1, -0.05) is 25.4 Å². The van der Waals surface area contributed by atoms with Crippen LogP contribution in [0.4, 0.5) is 4.39 Å². The Morgan fingerprint density at radius 2 is 2.11 bits per heavy atom. The molecular weight excluding hydrogens is 143 g/mol. The summed E-state index contributed by atoms with van der Waals surface area (Å²) in [5.41, 5.74) is -0.700. The van der Waals surface area contributed by atoms with Crippen molar-refractivity contribution < 1.29 is 9.50 Å². The van der Waals surface area contributed by atoms with Crippen LogP contribution in [0.5, 0.6) is 0 Å². The number of alkyl halides is 2. The van der Waals surface area contributed by atoms with E-state index in [1.54, 1.807) is 13.8 Å². The summed E-state index contributed by atoms with van der Waals surface area (Å²) in [4.78, 5) is 0. The minimum atomic E-state index is -1.66. The Bertz CT molecular complexity index is 137. The number of hydrogen-bond acceptors (Lipinski definition) is 1. The molecule has 0 amide bonds. The lowest BCUT2D eigenvalue weighted by molar-refractivity contribution is 0.185. The largest absolute Gasteiger partial charge is 0.396 e. The molecule has 1 aliphatic rings. The maximum atomic E-state index is 12.8. The van der Waals surface area contributed by atoms with Crippen molar-refractivity contribution in [3.05, 3.63) is 0 Å². The zero-order chi connectivity index (χ0) is 7.28. The molecule has 0 radical (unpaired) electrons. The summed E-state index contributed by atoms with van der Waals surface area (Å²) >= 11 is 5.37. The van der Waals surface area contributed by atoms with E-state index in [0.29, 0.717) is 0 Å². The first-order chi connectivity index (χ1) is 3.97. The first-order valence-corrected chi connectivity index (χ1v) is 3.33. The topological polar surface area (TPSA) is 20.2 Å². The predicted molar refractivity (Wildman–Crippen MR) is 34.0 cm³/mol. The van der Waals surface area contributed by atoms with Crippen LogP contribution < -0.4 is 0 Å². The van der Waals surface area contributed by atoms with Gasteiger partial charge in [-0.05, 0) is 0 Å². The molecule has 3 atom stereocenters. The molecule has 54 valence electrons. The molecule has 0 aromatic carbocycles. The smallest absolute Gasteiger partial charge is 0.194 e. The van der Waals surface area contributed by atoms with Crippen LogP contribution in [0.15, 0.2) is 0 Å². The van der Waals surface area contributed by atoms with Gasteiger partial charge in [0.1, 0.15) is 0 Å². The highest BCUT2D eigenvalue weighted by Crippen LogP contribution is 2.66. The van der Waals surface area contributed by atoms with E-state index in [1.165, 1.54) is 0 Å². The van der Waals surface area contributed by atoms with E-state index in [0.717, 1.165) is 0 Å². The standard InChI is InChI=1S/C6H10ClFO/c1-4-5(2,3-9)6(4,7)8/h4,9H,3H2,1-2H3/t4-,5+,6+/m0/s1. The van der Waals surface area contributed by atoms with Crippen LogP contribution in [0, 0.1) is 11.3 Å². The van der Waals surface area contributed by atoms with Crippen molar-refractivity contribution in [2.75, 3.05) is 6.61 Å². The summed E-state index contributed by atoms with van der Waals surface area (Å²) in [5, 5.41) is 6.98. The average molecular weight is 153 g/mol. The quantitative estimate of drug-likeness (QED) is 0.566. The molecule has 1 saturated carbocycles. The normalized spacial score (nSPS) is 57.7. The van der Waals surface area contributed by atoms with Crippen LogP contribution in [0.1, 0.15) is 13.8 Å². The molecule has 0 aromatic rings. The van der Waals surface area contributed by atoms with Crippen LogP contribution in [-0.2, 0) is 0 Å². The van der Waals surface area contributed by atoms with Crippen LogP contribution in [0.2, 0.25) is 0 Å². The molecule has 1 fully saturated rings. The second kappa shape index (κ2) is 1.61. The average Bonchev–Trinajstić information content (AvgIpc) is 2.16. The zero-order valence-electron chi connectivity index (χ0n) is 5.49. The van der Waals surface area contributed by atoms with Crippen LogP contribution in [0.3, 0.4) is 0 Å². The molecule has 0 bridgehead atoms. The van der Waals surface area contributed by atoms with E-state index in [4.69, 9.17) is 16.7 Å². The van der Waals surface area contributed by atoms with Crippen molar-refractivity contribution in [3.63, 3.8) is 0 Å². The molecule has 1 N–H and O–H groups in total. The van der Waals surface area contributed by atoms with Gasteiger partial charge in [-0.2, -0.15) is 0 Å². The summed E-state index contributed by atoms with van der Waals surface area (Å²) in [5.74, 6) is -0.225. The molecule has 0 saturated heterocycles. The number of rotatable bonds is 1. The van der Waals surface area contributed by atoms with Gasteiger partial charge in [0.25, 0.3) is 0 Å². The van der Waals surface area contributed by atoms with E-state index < -0.39 is 10.5 Å². The van der Waals surface area contributed by atoms with Crippen molar-refractivity contribution in [3.8, 4) is 0 Å². The molecule has 0 aromatic heterocycles. The third-order valence-corrected chi connectivity index (χ3v) is 3.27. The van der Waals surface area contributed by atoms with Gasteiger partial charge in [-0.15, -0.1) is 0 Å². The molecule has 3 heteroatoms. The Balaban J connectivity index is 2.70. The van der Waals surface area contributed by atoms with Crippen molar-refractivity contribution >= 4 is 11.6 Å². The molecule has 0 unspecified atom stereocenters. The summed E-state index contributed by atoms with van der Waals surface area (Å²) in [6, 6.07) is 0. The summed E-state index contributed by atoms with van der Waals surface area (Å²) in [7, 11) is 0. The van der Waals surface area contributed by atoms with Crippen molar-refractivity contribution in [2.24, 2.45) is 11.3 Å².